The Kier molecular flexibility index (Phi) is 4.48. The van der Waals surface area contributed by atoms with E-state index in [1.165, 1.54) is 12.7 Å². The smallest absolute Gasteiger partial charge is 0.396 e. The average Bonchev–Trinajstić information content (AvgIpc) is 2.35. The molecule has 4 heteroatoms. The van der Waals surface area contributed by atoms with Crippen LogP contribution in [0.15, 0.2) is 24.3 Å². The normalized spacial score (nSPS) is 10.9. The minimum Gasteiger partial charge on any atom is -0.462 e. The highest BCUT2D eigenvalue weighted by molar-refractivity contribution is 6.32. The maximum Gasteiger partial charge on any atom is 0.396 e. The van der Waals surface area contributed by atoms with Gasteiger partial charge in [-0.1, -0.05) is 43.7 Å². The zero-order valence-electron chi connectivity index (χ0n) is 11.2. The zero-order valence-corrected chi connectivity index (χ0v) is 11.2. The third-order valence-electron chi connectivity index (χ3n) is 2.89. The van der Waals surface area contributed by atoms with Gasteiger partial charge >= 0.3 is 11.9 Å². The number of aryl methyl sites for hydroxylation is 1. The lowest BCUT2D eigenvalue weighted by atomic mass is 9.84. The second-order valence-corrected chi connectivity index (χ2v) is 4.92. The van der Waals surface area contributed by atoms with Gasteiger partial charge in [-0.25, -0.2) is 4.79 Å². The van der Waals surface area contributed by atoms with Crippen molar-refractivity contribution in [1.82, 2.24) is 5.32 Å². The van der Waals surface area contributed by atoms with Crippen molar-refractivity contribution in [3.63, 3.8) is 0 Å². The highest BCUT2D eigenvalue weighted by Crippen LogP contribution is 2.22. The van der Waals surface area contributed by atoms with Gasteiger partial charge in [0.15, 0.2) is 0 Å². The molecule has 0 bridgehead atoms. The predicted octanol–water partition coefficient (Wildman–Crippen LogP) is 1.56. The molecule has 1 aromatic carbocycles. The second-order valence-electron chi connectivity index (χ2n) is 4.92. The Bertz CT molecular complexity index is 435. The first-order chi connectivity index (χ1) is 8.36. The van der Waals surface area contributed by atoms with Crippen LogP contribution in [-0.4, -0.2) is 25.5 Å². The predicted molar refractivity (Wildman–Crippen MR) is 69.2 cm³/mol. The lowest BCUT2D eigenvalue weighted by Crippen LogP contribution is -2.40. The van der Waals surface area contributed by atoms with Crippen LogP contribution in [0.25, 0.3) is 0 Å². The quantitative estimate of drug-likeness (QED) is 0.653. The van der Waals surface area contributed by atoms with E-state index in [1.807, 2.05) is 45.0 Å². The van der Waals surface area contributed by atoms with Crippen LogP contribution >= 0.6 is 0 Å². The molecule has 4 nitrogen and oxygen atoms in total. The number of nitrogens with one attached hydrogen (secondary N) is 1. The molecule has 1 N–H and O–H groups in total. The molecule has 0 radical (unpaired) electrons. The molecule has 0 heterocycles. The molecule has 18 heavy (non-hydrogen) atoms. The molecule has 1 rings (SSSR count). The molecular formula is C14H19NO3. The number of carbonyl (C=O) groups is 2. The molecule has 0 aromatic heterocycles. The van der Waals surface area contributed by atoms with Gasteiger partial charge < -0.3 is 10.1 Å². The minimum absolute atomic E-state index is 0.239. The molecule has 0 fully saturated rings. The zero-order chi connectivity index (χ0) is 13.8. The summed E-state index contributed by atoms with van der Waals surface area (Å²) >= 11 is 0. The SMILES string of the molecule is COC(=O)C(=O)NCC(C)(C)c1ccc(C)cc1. The molecule has 0 atom stereocenters. The van der Waals surface area contributed by atoms with Crippen LogP contribution in [0.3, 0.4) is 0 Å². The first-order valence-electron chi connectivity index (χ1n) is 5.80. The number of methoxy groups -OCH3 is 1. The Morgan fingerprint density at radius 1 is 1.22 bits per heavy atom. The summed E-state index contributed by atoms with van der Waals surface area (Å²) in [6.07, 6.45) is 0. The average molecular weight is 249 g/mol. The molecule has 0 aliphatic rings. The summed E-state index contributed by atoms with van der Waals surface area (Å²) in [4.78, 5) is 22.3. The van der Waals surface area contributed by atoms with E-state index in [0.717, 1.165) is 5.56 Å². The molecule has 1 amide bonds. The Morgan fingerprint density at radius 3 is 2.28 bits per heavy atom. The van der Waals surface area contributed by atoms with E-state index >= 15 is 0 Å². The van der Waals surface area contributed by atoms with Gasteiger partial charge in [-0.2, -0.15) is 0 Å². The molecule has 0 aliphatic carbocycles. The third-order valence-corrected chi connectivity index (χ3v) is 2.89. The number of ether oxygens (including phenoxy) is 1. The summed E-state index contributed by atoms with van der Waals surface area (Å²) in [5, 5.41) is 2.57. The second kappa shape index (κ2) is 5.67. The van der Waals surface area contributed by atoms with Crippen molar-refractivity contribution in [3.05, 3.63) is 35.4 Å². The van der Waals surface area contributed by atoms with Gasteiger partial charge in [0, 0.05) is 12.0 Å². The molecule has 0 unspecified atom stereocenters. The van der Waals surface area contributed by atoms with Crippen molar-refractivity contribution in [2.45, 2.75) is 26.2 Å². The number of hydrogen-bond donors (Lipinski definition) is 1. The van der Waals surface area contributed by atoms with Crippen molar-refractivity contribution >= 4 is 11.9 Å². The number of rotatable bonds is 3. The van der Waals surface area contributed by atoms with Crippen molar-refractivity contribution in [1.29, 1.82) is 0 Å². The molecule has 0 spiro atoms. The summed E-state index contributed by atoms with van der Waals surface area (Å²) in [7, 11) is 1.19. The standard InChI is InChI=1S/C14H19NO3/c1-10-5-7-11(8-6-10)14(2,3)9-15-12(16)13(17)18-4/h5-8H,9H2,1-4H3,(H,15,16). The van der Waals surface area contributed by atoms with E-state index in [4.69, 9.17) is 0 Å². The molecule has 0 saturated heterocycles. The van der Waals surface area contributed by atoms with E-state index in [2.05, 4.69) is 10.1 Å². The van der Waals surface area contributed by atoms with E-state index in [9.17, 15) is 9.59 Å². The lowest BCUT2D eigenvalue weighted by molar-refractivity contribution is -0.152. The third kappa shape index (κ3) is 3.58. The first-order valence-corrected chi connectivity index (χ1v) is 5.80. The van der Waals surface area contributed by atoms with Crippen LogP contribution in [0.2, 0.25) is 0 Å². The molecule has 0 aliphatic heterocycles. The molecular weight excluding hydrogens is 230 g/mol. The van der Waals surface area contributed by atoms with Crippen LogP contribution in [0.1, 0.15) is 25.0 Å². The van der Waals surface area contributed by atoms with Gasteiger partial charge in [0.1, 0.15) is 0 Å². The van der Waals surface area contributed by atoms with Gasteiger partial charge in [0.2, 0.25) is 0 Å². The highest BCUT2D eigenvalue weighted by Gasteiger charge is 2.23. The molecule has 1 aromatic rings. The van der Waals surface area contributed by atoms with Gasteiger partial charge in [-0.05, 0) is 12.5 Å². The van der Waals surface area contributed by atoms with Crippen molar-refractivity contribution in [2.75, 3.05) is 13.7 Å². The molecule has 98 valence electrons. The van der Waals surface area contributed by atoms with Gasteiger partial charge in [-0.3, -0.25) is 4.79 Å². The Hall–Kier alpha value is -1.84. The highest BCUT2D eigenvalue weighted by atomic mass is 16.5. The maximum atomic E-state index is 11.3. The first kappa shape index (κ1) is 14.2. The summed E-state index contributed by atoms with van der Waals surface area (Å²) in [5.41, 5.74) is 2.06. The number of esters is 1. The largest absolute Gasteiger partial charge is 0.462 e. The van der Waals surface area contributed by atoms with E-state index in [0.29, 0.717) is 6.54 Å². The summed E-state index contributed by atoms with van der Waals surface area (Å²) < 4.78 is 4.35. The van der Waals surface area contributed by atoms with Gasteiger partial charge in [0.25, 0.3) is 0 Å². The lowest BCUT2D eigenvalue weighted by Gasteiger charge is -2.25. The van der Waals surface area contributed by atoms with Crippen molar-refractivity contribution < 1.29 is 14.3 Å². The van der Waals surface area contributed by atoms with Gasteiger partial charge in [-0.15, -0.1) is 0 Å². The fourth-order valence-electron chi connectivity index (χ4n) is 1.57. The van der Waals surface area contributed by atoms with Crippen LogP contribution in [-0.2, 0) is 19.7 Å². The Labute approximate surface area is 107 Å². The Morgan fingerprint density at radius 2 is 1.78 bits per heavy atom. The summed E-state index contributed by atoms with van der Waals surface area (Å²) in [5.74, 6) is -1.58. The number of amides is 1. The molecule has 0 saturated carbocycles. The summed E-state index contributed by atoms with van der Waals surface area (Å²) in [6.45, 7) is 6.42. The van der Waals surface area contributed by atoms with Crippen LogP contribution in [0, 0.1) is 6.92 Å². The van der Waals surface area contributed by atoms with E-state index in [-0.39, 0.29) is 5.41 Å². The minimum atomic E-state index is -0.866. The van der Waals surface area contributed by atoms with E-state index < -0.39 is 11.9 Å². The maximum absolute atomic E-state index is 11.3. The number of carbonyl (C=O) groups excluding carboxylic acids is 2. The summed E-state index contributed by atoms with van der Waals surface area (Å²) in [6, 6.07) is 8.11. The monoisotopic (exact) mass is 249 g/mol. The van der Waals surface area contributed by atoms with Crippen LogP contribution < -0.4 is 5.32 Å². The fraction of sp³-hybridized carbons (Fsp3) is 0.429. The van der Waals surface area contributed by atoms with Crippen LogP contribution in [0.5, 0.6) is 0 Å². The Balaban J connectivity index is 2.67. The number of hydrogen-bond acceptors (Lipinski definition) is 3. The van der Waals surface area contributed by atoms with Crippen molar-refractivity contribution in [3.8, 4) is 0 Å². The van der Waals surface area contributed by atoms with Gasteiger partial charge in [0.05, 0.1) is 7.11 Å². The topological polar surface area (TPSA) is 55.4 Å². The van der Waals surface area contributed by atoms with E-state index in [1.54, 1.807) is 0 Å². The number of benzene rings is 1. The fourth-order valence-corrected chi connectivity index (χ4v) is 1.57. The van der Waals surface area contributed by atoms with Crippen molar-refractivity contribution in [2.24, 2.45) is 0 Å². The van der Waals surface area contributed by atoms with Crippen LogP contribution in [0.4, 0.5) is 0 Å².